The molecule has 1 aromatic heterocycles. The molecule has 1 fully saturated rings. The van der Waals surface area contributed by atoms with Crippen LogP contribution in [0, 0.1) is 12.7 Å². The first-order chi connectivity index (χ1) is 12.2. The van der Waals surface area contributed by atoms with Gasteiger partial charge in [0.25, 0.3) is 0 Å². The first-order valence-corrected chi connectivity index (χ1v) is 9.01. The molecule has 6 heteroatoms. The van der Waals surface area contributed by atoms with E-state index in [0.29, 0.717) is 5.69 Å². The normalized spacial score (nSPS) is 14.7. The highest BCUT2D eigenvalue weighted by Crippen LogP contribution is 2.23. The van der Waals surface area contributed by atoms with E-state index < -0.39 is 0 Å². The van der Waals surface area contributed by atoms with Crippen LogP contribution in [0.2, 0.25) is 0 Å². The second-order valence-corrected chi connectivity index (χ2v) is 6.36. The van der Waals surface area contributed by atoms with Crippen molar-refractivity contribution < 1.29 is 4.39 Å². The first kappa shape index (κ1) is 17.5. The molecule has 0 atom stereocenters. The molecule has 0 amide bonds. The number of benzene rings is 1. The molecule has 1 N–H and O–H groups in total. The molecular formula is C19H26FN5. The van der Waals surface area contributed by atoms with E-state index in [4.69, 9.17) is 0 Å². The number of unbranched alkanes of at least 4 members (excludes halogenated alkanes) is 1. The van der Waals surface area contributed by atoms with E-state index in [9.17, 15) is 4.39 Å². The summed E-state index contributed by atoms with van der Waals surface area (Å²) in [5.74, 6) is 2.44. The molecular weight excluding hydrogens is 317 g/mol. The first-order valence-electron chi connectivity index (χ1n) is 9.01. The largest absolute Gasteiger partial charge is 0.370 e. The van der Waals surface area contributed by atoms with Gasteiger partial charge in [-0.1, -0.05) is 25.5 Å². The van der Waals surface area contributed by atoms with Gasteiger partial charge >= 0.3 is 0 Å². The van der Waals surface area contributed by atoms with Crippen molar-refractivity contribution in [3.05, 3.63) is 42.0 Å². The molecule has 2 heterocycles. The molecule has 3 rings (SSSR count). The third-order valence-electron chi connectivity index (χ3n) is 4.46. The number of hydrogen-bond acceptors (Lipinski definition) is 5. The van der Waals surface area contributed by atoms with Gasteiger partial charge in [-0.05, 0) is 25.5 Å². The fourth-order valence-electron chi connectivity index (χ4n) is 3.08. The summed E-state index contributed by atoms with van der Waals surface area (Å²) in [6.45, 7) is 8.22. The van der Waals surface area contributed by atoms with Gasteiger partial charge in [0.15, 0.2) is 0 Å². The summed E-state index contributed by atoms with van der Waals surface area (Å²) in [5.41, 5.74) is 0.683. The van der Waals surface area contributed by atoms with E-state index in [1.807, 2.05) is 25.1 Å². The molecule has 0 unspecified atom stereocenters. The number of piperazine rings is 1. The minimum atomic E-state index is -0.156. The number of rotatable bonds is 6. The Kier molecular flexibility index (Phi) is 5.68. The second kappa shape index (κ2) is 8.14. The highest BCUT2D eigenvalue weighted by atomic mass is 19.1. The summed E-state index contributed by atoms with van der Waals surface area (Å²) < 4.78 is 14.0. The SMILES string of the molecule is CCCCNc1cc(N2CCN(c3ccccc3F)CC2)nc(C)n1. The van der Waals surface area contributed by atoms with Gasteiger partial charge in [-0.15, -0.1) is 0 Å². The number of nitrogens with zero attached hydrogens (tertiary/aromatic N) is 4. The topological polar surface area (TPSA) is 44.3 Å². The average molecular weight is 343 g/mol. The lowest BCUT2D eigenvalue weighted by atomic mass is 10.2. The van der Waals surface area contributed by atoms with Crippen LogP contribution in [-0.4, -0.2) is 42.7 Å². The Labute approximate surface area is 148 Å². The zero-order valence-corrected chi connectivity index (χ0v) is 15.0. The van der Waals surface area contributed by atoms with Gasteiger partial charge in [-0.3, -0.25) is 0 Å². The smallest absolute Gasteiger partial charge is 0.146 e. The van der Waals surface area contributed by atoms with E-state index in [0.717, 1.165) is 63.0 Å². The Hall–Kier alpha value is -2.37. The van der Waals surface area contributed by atoms with Gasteiger partial charge in [0, 0.05) is 38.8 Å². The fraction of sp³-hybridized carbons (Fsp3) is 0.474. The molecule has 0 aliphatic carbocycles. The third-order valence-corrected chi connectivity index (χ3v) is 4.46. The summed E-state index contributed by atoms with van der Waals surface area (Å²) in [6, 6.07) is 8.99. The van der Waals surface area contributed by atoms with Crippen molar-refractivity contribution >= 4 is 17.3 Å². The molecule has 134 valence electrons. The van der Waals surface area contributed by atoms with Crippen molar-refractivity contribution in [2.75, 3.05) is 47.8 Å². The Morgan fingerprint density at radius 2 is 1.80 bits per heavy atom. The molecule has 0 spiro atoms. The predicted octanol–water partition coefficient (Wildman–Crippen LogP) is 3.46. The number of aryl methyl sites for hydroxylation is 1. The van der Waals surface area contributed by atoms with Crippen molar-refractivity contribution in [3.8, 4) is 0 Å². The minimum Gasteiger partial charge on any atom is -0.370 e. The second-order valence-electron chi connectivity index (χ2n) is 6.36. The van der Waals surface area contributed by atoms with Crippen LogP contribution in [0.5, 0.6) is 0 Å². The van der Waals surface area contributed by atoms with Gasteiger partial charge in [0.2, 0.25) is 0 Å². The van der Waals surface area contributed by atoms with Crippen molar-refractivity contribution in [2.24, 2.45) is 0 Å². The Bertz CT molecular complexity index is 698. The highest BCUT2D eigenvalue weighted by Gasteiger charge is 2.20. The minimum absolute atomic E-state index is 0.156. The van der Waals surface area contributed by atoms with Crippen LogP contribution in [0.4, 0.5) is 21.7 Å². The molecule has 5 nitrogen and oxygen atoms in total. The summed E-state index contributed by atoms with van der Waals surface area (Å²) >= 11 is 0. The number of nitrogens with one attached hydrogen (secondary N) is 1. The van der Waals surface area contributed by atoms with Crippen molar-refractivity contribution in [1.29, 1.82) is 0 Å². The zero-order chi connectivity index (χ0) is 17.6. The molecule has 1 aliphatic rings. The van der Waals surface area contributed by atoms with E-state index in [1.165, 1.54) is 6.07 Å². The quantitative estimate of drug-likeness (QED) is 0.814. The summed E-state index contributed by atoms with van der Waals surface area (Å²) in [5, 5.41) is 3.37. The molecule has 1 aromatic carbocycles. The lowest BCUT2D eigenvalue weighted by Crippen LogP contribution is -2.47. The van der Waals surface area contributed by atoms with Gasteiger partial charge < -0.3 is 15.1 Å². The van der Waals surface area contributed by atoms with Crippen LogP contribution in [0.25, 0.3) is 0 Å². The molecule has 1 aliphatic heterocycles. The molecule has 2 aromatic rings. The number of para-hydroxylation sites is 1. The Morgan fingerprint density at radius 1 is 1.08 bits per heavy atom. The standard InChI is InChI=1S/C19H26FN5/c1-3-4-9-21-18-14-19(23-15(2)22-18)25-12-10-24(11-13-25)17-8-6-5-7-16(17)20/h5-8,14H,3-4,9-13H2,1-2H3,(H,21,22,23). The Morgan fingerprint density at radius 3 is 2.52 bits per heavy atom. The highest BCUT2D eigenvalue weighted by molar-refractivity contribution is 5.53. The molecule has 0 radical (unpaired) electrons. The van der Waals surface area contributed by atoms with Gasteiger partial charge in [-0.25, -0.2) is 14.4 Å². The maximum absolute atomic E-state index is 14.0. The average Bonchev–Trinajstić information content (AvgIpc) is 2.62. The van der Waals surface area contributed by atoms with E-state index in [2.05, 4.69) is 32.0 Å². The summed E-state index contributed by atoms with van der Waals surface area (Å²) in [6.07, 6.45) is 2.28. The van der Waals surface area contributed by atoms with Crippen LogP contribution in [0.1, 0.15) is 25.6 Å². The van der Waals surface area contributed by atoms with Crippen LogP contribution in [-0.2, 0) is 0 Å². The van der Waals surface area contributed by atoms with E-state index in [-0.39, 0.29) is 5.82 Å². The monoisotopic (exact) mass is 343 g/mol. The van der Waals surface area contributed by atoms with Gasteiger partial charge in [-0.2, -0.15) is 0 Å². The van der Waals surface area contributed by atoms with Crippen molar-refractivity contribution in [1.82, 2.24) is 9.97 Å². The Balaban J connectivity index is 1.65. The van der Waals surface area contributed by atoms with E-state index in [1.54, 1.807) is 6.07 Å². The summed E-state index contributed by atoms with van der Waals surface area (Å²) in [7, 11) is 0. The molecule has 1 saturated heterocycles. The van der Waals surface area contributed by atoms with E-state index >= 15 is 0 Å². The number of hydrogen-bond donors (Lipinski definition) is 1. The van der Waals surface area contributed by atoms with Crippen molar-refractivity contribution in [3.63, 3.8) is 0 Å². The fourth-order valence-corrected chi connectivity index (χ4v) is 3.08. The maximum Gasteiger partial charge on any atom is 0.146 e. The van der Waals surface area contributed by atoms with Crippen LogP contribution in [0.15, 0.2) is 30.3 Å². The summed E-state index contributed by atoms with van der Waals surface area (Å²) in [4.78, 5) is 13.4. The third kappa shape index (κ3) is 4.38. The van der Waals surface area contributed by atoms with Crippen LogP contribution >= 0.6 is 0 Å². The van der Waals surface area contributed by atoms with Crippen molar-refractivity contribution in [2.45, 2.75) is 26.7 Å². The van der Waals surface area contributed by atoms with Crippen LogP contribution in [0.3, 0.4) is 0 Å². The predicted molar refractivity (Wildman–Crippen MR) is 101 cm³/mol. The lowest BCUT2D eigenvalue weighted by Gasteiger charge is -2.37. The van der Waals surface area contributed by atoms with Gasteiger partial charge in [0.1, 0.15) is 23.3 Å². The number of anilines is 3. The molecule has 0 bridgehead atoms. The zero-order valence-electron chi connectivity index (χ0n) is 15.0. The molecule has 25 heavy (non-hydrogen) atoms. The molecule has 0 saturated carbocycles. The maximum atomic E-state index is 14.0. The number of halogens is 1. The van der Waals surface area contributed by atoms with Gasteiger partial charge in [0.05, 0.1) is 5.69 Å². The lowest BCUT2D eigenvalue weighted by molar-refractivity contribution is 0.596. The number of aromatic nitrogens is 2. The van der Waals surface area contributed by atoms with Crippen LogP contribution < -0.4 is 15.1 Å².